The number of methoxy groups -OCH3 is 1. The molecule has 2 unspecified atom stereocenters. The molecule has 1 N–H and O–H groups in total. The fraction of sp³-hybridized carbons (Fsp3) is 0.462. The number of likely N-dealkylation sites (tertiary alicyclic amines) is 1. The molecule has 0 bridgehead atoms. The first-order valence-electron chi connectivity index (χ1n) is 6.17. The molecular weight excluding hydrogens is 328 g/mol. The Kier molecular flexibility index (Phi) is 4.72. The third kappa shape index (κ3) is 2.99. The summed E-state index contributed by atoms with van der Waals surface area (Å²) < 4.78 is 5.79. The van der Waals surface area contributed by atoms with Crippen molar-refractivity contribution in [1.82, 2.24) is 9.88 Å². The minimum Gasteiger partial charge on any atom is -0.481 e. The van der Waals surface area contributed by atoms with Crippen LogP contribution in [0, 0.1) is 5.92 Å². The largest absolute Gasteiger partial charge is 0.481 e. The number of aliphatic carboxylic acids is 1. The van der Waals surface area contributed by atoms with Gasteiger partial charge in [-0.05, 0) is 28.1 Å². The van der Waals surface area contributed by atoms with Crippen molar-refractivity contribution >= 4 is 27.8 Å². The Morgan fingerprint density at radius 3 is 2.90 bits per heavy atom. The number of aromatic nitrogens is 1. The molecule has 1 aromatic rings. The van der Waals surface area contributed by atoms with Gasteiger partial charge in [0.2, 0.25) is 5.91 Å². The van der Waals surface area contributed by atoms with E-state index in [4.69, 9.17) is 4.74 Å². The van der Waals surface area contributed by atoms with Gasteiger partial charge in [-0.25, -0.2) is 0 Å². The van der Waals surface area contributed by atoms with Gasteiger partial charge in [0.1, 0.15) is 0 Å². The minimum absolute atomic E-state index is 0.00145. The highest BCUT2D eigenvalue weighted by molar-refractivity contribution is 9.10. The number of ether oxygens (including phenoxy) is 1. The predicted molar refractivity (Wildman–Crippen MR) is 74.0 cm³/mol. The molecule has 0 saturated carbocycles. The van der Waals surface area contributed by atoms with Crippen LogP contribution in [0.2, 0.25) is 0 Å². The SMILES string of the molecule is COCCN1C(=O)CC(C(=O)O)C1c1ccc(Br)cn1. The van der Waals surface area contributed by atoms with Crippen LogP contribution in [-0.2, 0) is 14.3 Å². The van der Waals surface area contributed by atoms with E-state index in [1.54, 1.807) is 30.3 Å². The number of amides is 1. The highest BCUT2D eigenvalue weighted by atomic mass is 79.9. The second kappa shape index (κ2) is 6.32. The lowest BCUT2D eigenvalue weighted by Gasteiger charge is -2.26. The normalized spacial score (nSPS) is 22.3. The maximum absolute atomic E-state index is 12.0. The Bertz CT molecular complexity index is 506. The van der Waals surface area contributed by atoms with Gasteiger partial charge in [-0.1, -0.05) is 0 Å². The maximum atomic E-state index is 12.0. The molecule has 2 atom stereocenters. The van der Waals surface area contributed by atoms with E-state index in [1.165, 1.54) is 0 Å². The average molecular weight is 343 g/mol. The molecule has 1 aromatic heterocycles. The van der Waals surface area contributed by atoms with Gasteiger partial charge >= 0.3 is 5.97 Å². The molecule has 1 amide bonds. The number of rotatable bonds is 5. The first kappa shape index (κ1) is 14.9. The Morgan fingerprint density at radius 2 is 2.35 bits per heavy atom. The first-order valence-corrected chi connectivity index (χ1v) is 6.96. The van der Waals surface area contributed by atoms with E-state index in [0.29, 0.717) is 18.8 Å². The number of pyridine rings is 1. The number of carbonyl (C=O) groups is 2. The molecule has 1 aliphatic heterocycles. The lowest BCUT2D eigenvalue weighted by Crippen LogP contribution is -2.33. The van der Waals surface area contributed by atoms with E-state index in [1.807, 2.05) is 0 Å². The molecule has 0 aromatic carbocycles. The van der Waals surface area contributed by atoms with E-state index in [-0.39, 0.29) is 12.3 Å². The summed E-state index contributed by atoms with van der Waals surface area (Å²) in [6.07, 6.45) is 1.60. The second-order valence-electron chi connectivity index (χ2n) is 4.57. The van der Waals surface area contributed by atoms with Gasteiger partial charge in [-0.3, -0.25) is 14.6 Å². The number of nitrogens with zero attached hydrogens (tertiary/aromatic N) is 2. The van der Waals surface area contributed by atoms with Crippen molar-refractivity contribution < 1.29 is 19.4 Å². The van der Waals surface area contributed by atoms with Crippen molar-refractivity contribution in [3.8, 4) is 0 Å². The van der Waals surface area contributed by atoms with Crippen LogP contribution < -0.4 is 0 Å². The van der Waals surface area contributed by atoms with Crippen molar-refractivity contribution in [2.45, 2.75) is 12.5 Å². The molecule has 1 fully saturated rings. The van der Waals surface area contributed by atoms with Crippen molar-refractivity contribution in [1.29, 1.82) is 0 Å². The van der Waals surface area contributed by atoms with Crippen LogP contribution in [0.15, 0.2) is 22.8 Å². The molecule has 20 heavy (non-hydrogen) atoms. The van der Waals surface area contributed by atoms with Gasteiger partial charge in [0.15, 0.2) is 0 Å². The van der Waals surface area contributed by atoms with Crippen molar-refractivity contribution in [2.75, 3.05) is 20.3 Å². The summed E-state index contributed by atoms with van der Waals surface area (Å²) in [5.74, 6) is -1.93. The quantitative estimate of drug-likeness (QED) is 0.876. The van der Waals surface area contributed by atoms with E-state index < -0.39 is 17.9 Å². The van der Waals surface area contributed by atoms with Crippen LogP contribution in [0.25, 0.3) is 0 Å². The molecule has 7 heteroatoms. The molecule has 1 aliphatic rings. The maximum Gasteiger partial charge on any atom is 0.309 e. The van der Waals surface area contributed by atoms with Gasteiger partial charge in [-0.15, -0.1) is 0 Å². The standard InChI is InChI=1S/C13H15BrN2O4/c1-20-5-4-16-11(17)6-9(13(18)19)12(16)10-3-2-8(14)7-15-10/h2-3,7,9,12H,4-6H2,1H3,(H,18,19). The summed E-state index contributed by atoms with van der Waals surface area (Å²) in [5, 5.41) is 9.31. The molecule has 1 saturated heterocycles. The summed E-state index contributed by atoms with van der Waals surface area (Å²) in [6, 6.07) is 2.99. The summed E-state index contributed by atoms with van der Waals surface area (Å²) in [5.41, 5.74) is 0.586. The highest BCUT2D eigenvalue weighted by Gasteiger charge is 2.45. The number of hydrogen-bond acceptors (Lipinski definition) is 4. The third-order valence-corrected chi connectivity index (χ3v) is 3.81. The van der Waals surface area contributed by atoms with Crippen LogP contribution in [0.3, 0.4) is 0 Å². The molecule has 0 spiro atoms. The summed E-state index contributed by atoms with van der Waals surface area (Å²) in [4.78, 5) is 29.2. The summed E-state index contributed by atoms with van der Waals surface area (Å²) >= 11 is 3.29. The zero-order valence-corrected chi connectivity index (χ0v) is 12.5. The molecule has 2 rings (SSSR count). The third-order valence-electron chi connectivity index (χ3n) is 3.34. The zero-order valence-electron chi connectivity index (χ0n) is 11.0. The van der Waals surface area contributed by atoms with Crippen molar-refractivity contribution in [2.24, 2.45) is 5.92 Å². The van der Waals surface area contributed by atoms with E-state index in [0.717, 1.165) is 4.47 Å². The zero-order chi connectivity index (χ0) is 14.7. The molecule has 108 valence electrons. The van der Waals surface area contributed by atoms with Gasteiger partial charge < -0.3 is 14.7 Å². The van der Waals surface area contributed by atoms with Crippen LogP contribution in [0.5, 0.6) is 0 Å². The predicted octanol–water partition coefficient (Wildman–Crippen LogP) is 1.46. The second-order valence-corrected chi connectivity index (χ2v) is 5.49. The van der Waals surface area contributed by atoms with E-state index >= 15 is 0 Å². The highest BCUT2D eigenvalue weighted by Crippen LogP contribution is 2.37. The first-order chi connectivity index (χ1) is 9.54. The Labute approximate surface area is 124 Å². The molecule has 0 radical (unpaired) electrons. The lowest BCUT2D eigenvalue weighted by molar-refractivity contribution is -0.142. The molecule has 0 aliphatic carbocycles. The van der Waals surface area contributed by atoms with Crippen molar-refractivity contribution in [3.63, 3.8) is 0 Å². The van der Waals surface area contributed by atoms with E-state index in [9.17, 15) is 14.7 Å². The smallest absolute Gasteiger partial charge is 0.309 e. The minimum atomic E-state index is -0.979. The van der Waals surface area contributed by atoms with Crippen LogP contribution in [0.1, 0.15) is 18.2 Å². The topological polar surface area (TPSA) is 79.7 Å². The number of carbonyl (C=O) groups excluding carboxylic acids is 1. The van der Waals surface area contributed by atoms with Gasteiger partial charge in [0.25, 0.3) is 0 Å². The van der Waals surface area contributed by atoms with Crippen LogP contribution in [0.4, 0.5) is 0 Å². The molecular formula is C13H15BrN2O4. The van der Waals surface area contributed by atoms with Crippen LogP contribution >= 0.6 is 15.9 Å². The fourth-order valence-corrected chi connectivity index (χ4v) is 2.63. The summed E-state index contributed by atoms with van der Waals surface area (Å²) in [6.45, 7) is 0.729. The Balaban J connectivity index is 2.32. The van der Waals surface area contributed by atoms with Crippen molar-refractivity contribution in [3.05, 3.63) is 28.5 Å². The number of carboxylic acid groups (broad SMARTS) is 1. The Morgan fingerprint density at radius 1 is 1.60 bits per heavy atom. The fourth-order valence-electron chi connectivity index (χ4n) is 2.39. The van der Waals surface area contributed by atoms with Gasteiger partial charge in [-0.2, -0.15) is 0 Å². The monoisotopic (exact) mass is 342 g/mol. The Hall–Kier alpha value is -1.47. The summed E-state index contributed by atoms with van der Waals surface area (Å²) in [7, 11) is 1.54. The number of carboxylic acids is 1. The van der Waals surface area contributed by atoms with E-state index in [2.05, 4.69) is 20.9 Å². The number of hydrogen-bond donors (Lipinski definition) is 1. The van der Waals surface area contributed by atoms with Gasteiger partial charge in [0.05, 0.1) is 24.3 Å². The molecule has 2 heterocycles. The van der Waals surface area contributed by atoms with Crippen LogP contribution in [-0.4, -0.2) is 47.1 Å². The van der Waals surface area contributed by atoms with Gasteiger partial charge in [0, 0.05) is 30.7 Å². The molecule has 6 nitrogen and oxygen atoms in total. The average Bonchev–Trinajstić information content (AvgIpc) is 2.74. The number of halogens is 1. The lowest BCUT2D eigenvalue weighted by atomic mass is 9.97.